The molecule has 0 radical (unpaired) electrons. The van der Waals surface area contributed by atoms with Gasteiger partial charge >= 0.3 is 6.09 Å². The summed E-state index contributed by atoms with van der Waals surface area (Å²) in [7, 11) is 0. The van der Waals surface area contributed by atoms with Crippen LogP contribution in [0, 0.1) is 5.92 Å². The summed E-state index contributed by atoms with van der Waals surface area (Å²) in [6.45, 7) is 3.92. The normalized spacial score (nSPS) is 25.2. The molecule has 1 aliphatic carbocycles. The van der Waals surface area contributed by atoms with Crippen LogP contribution >= 0.6 is 0 Å². The molecule has 0 spiro atoms. The summed E-state index contributed by atoms with van der Waals surface area (Å²) in [4.78, 5) is 14.8. The highest BCUT2D eigenvalue weighted by atomic mass is 16.5. The van der Waals surface area contributed by atoms with Gasteiger partial charge in [0.05, 0.1) is 0 Å². The van der Waals surface area contributed by atoms with Gasteiger partial charge in [-0.2, -0.15) is 0 Å². The number of carbonyl (C=O) groups excluding carboxylic acids is 1. The third kappa shape index (κ3) is 5.23. The van der Waals surface area contributed by atoms with Gasteiger partial charge in [-0.1, -0.05) is 49.6 Å². The van der Waals surface area contributed by atoms with Crippen LogP contribution in [0.5, 0.6) is 0 Å². The van der Waals surface area contributed by atoms with Crippen LogP contribution in [-0.4, -0.2) is 36.7 Å². The number of carbonyl (C=O) groups is 1. The Morgan fingerprint density at radius 3 is 2.58 bits per heavy atom. The molecular formula is C20H30N2O2. The topological polar surface area (TPSA) is 41.6 Å². The lowest BCUT2D eigenvalue weighted by molar-refractivity contribution is 0.114. The van der Waals surface area contributed by atoms with Crippen molar-refractivity contribution in [1.82, 2.24) is 10.2 Å². The molecule has 0 unspecified atom stereocenters. The number of rotatable bonds is 5. The maximum absolute atomic E-state index is 12.2. The molecule has 1 amide bonds. The van der Waals surface area contributed by atoms with E-state index in [2.05, 4.69) is 10.2 Å². The number of alkyl carbamates (subject to hydrolysis) is 1. The summed E-state index contributed by atoms with van der Waals surface area (Å²) in [5.74, 6) is 0.570. The zero-order chi connectivity index (χ0) is 16.6. The van der Waals surface area contributed by atoms with Gasteiger partial charge in [0.1, 0.15) is 6.61 Å². The average molecular weight is 330 g/mol. The van der Waals surface area contributed by atoms with E-state index < -0.39 is 0 Å². The molecule has 1 aromatic carbocycles. The molecule has 132 valence electrons. The number of hydrogen-bond donors (Lipinski definition) is 1. The van der Waals surface area contributed by atoms with Gasteiger partial charge in [0.2, 0.25) is 0 Å². The van der Waals surface area contributed by atoms with E-state index in [1.165, 1.54) is 51.6 Å². The number of ether oxygens (including phenoxy) is 1. The van der Waals surface area contributed by atoms with Crippen molar-refractivity contribution < 1.29 is 9.53 Å². The second-order valence-electron chi connectivity index (χ2n) is 7.22. The van der Waals surface area contributed by atoms with Crippen LogP contribution in [-0.2, 0) is 11.3 Å². The fraction of sp³-hybridized carbons (Fsp3) is 0.650. The highest BCUT2D eigenvalue weighted by Crippen LogP contribution is 2.26. The van der Waals surface area contributed by atoms with Crippen molar-refractivity contribution in [2.75, 3.05) is 19.6 Å². The zero-order valence-electron chi connectivity index (χ0n) is 14.6. The Labute approximate surface area is 145 Å². The van der Waals surface area contributed by atoms with Gasteiger partial charge in [0, 0.05) is 12.6 Å². The first-order valence-corrected chi connectivity index (χ1v) is 9.51. The molecule has 2 fully saturated rings. The third-order valence-electron chi connectivity index (χ3n) is 5.37. The summed E-state index contributed by atoms with van der Waals surface area (Å²) < 4.78 is 5.41. The zero-order valence-corrected chi connectivity index (χ0v) is 14.6. The second kappa shape index (κ2) is 9.07. The van der Waals surface area contributed by atoms with Crippen molar-refractivity contribution >= 4 is 6.09 Å². The summed E-state index contributed by atoms with van der Waals surface area (Å²) in [6, 6.07) is 10.1. The second-order valence-corrected chi connectivity index (χ2v) is 7.22. The van der Waals surface area contributed by atoms with E-state index in [9.17, 15) is 4.79 Å². The van der Waals surface area contributed by atoms with Crippen LogP contribution in [0.2, 0.25) is 0 Å². The average Bonchev–Trinajstić information content (AvgIpc) is 2.63. The molecule has 4 heteroatoms. The molecule has 1 aliphatic heterocycles. The molecule has 1 saturated carbocycles. The lowest BCUT2D eigenvalue weighted by Crippen LogP contribution is -2.47. The van der Waals surface area contributed by atoms with Gasteiger partial charge in [-0.15, -0.1) is 0 Å². The van der Waals surface area contributed by atoms with Crippen molar-refractivity contribution in [2.24, 2.45) is 5.92 Å². The van der Waals surface area contributed by atoms with Crippen molar-refractivity contribution in [1.29, 1.82) is 0 Å². The lowest BCUT2D eigenvalue weighted by atomic mass is 9.84. The standard InChI is InChI=1S/C20H30N2O2/c23-20(24-16-17-9-3-1-4-10-17)21-19-12-6-5-11-18(19)15-22-13-7-2-8-14-22/h1,3-4,9-10,18-19H,2,5-8,11-16H2,(H,21,23)/t18-,19-/m1/s1. The number of likely N-dealkylation sites (tertiary alicyclic amines) is 1. The Morgan fingerprint density at radius 2 is 1.79 bits per heavy atom. The Kier molecular flexibility index (Phi) is 6.53. The molecule has 24 heavy (non-hydrogen) atoms. The minimum atomic E-state index is -0.269. The Bertz CT molecular complexity index is 500. The molecule has 1 N–H and O–H groups in total. The molecule has 1 saturated heterocycles. The smallest absolute Gasteiger partial charge is 0.407 e. The monoisotopic (exact) mass is 330 g/mol. The summed E-state index contributed by atoms with van der Waals surface area (Å²) in [5.41, 5.74) is 1.03. The van der Waals surface area contributed by atoms with Crippen molar-refractivity contribution in [3.63, 3.8) is 0 Å². The van der Waals surface area contributed by atoms with E-state index in [1.807, 2.05) is 30.3 Å². The molecule has 0 bridgehead atoms. The largest absolute Gasteiger partial charge is 0.445 e. The van der Waals surface area contributed by atoms with Crippen LogP contribution in [0.15, 0.2) is 30.3 Å². The van der Waals surface area contributed by atoms with Crippen LogP contribution in [0.25, 0.3) is 0 Å². The summed E-state index contributed by atoms with van der Waals surface area (Å²) in [6.07, 6.45) is 8.55. The van der Waals surface area contributed by atoms with Crippen LogP contribution < -0.4 is 5.32 Å². The molecule has 2 aliphatic rings. The minimum Gasteiger partial charge on any atom is -0.445 e. The van der Waals surface area contributed by atoms with Crippen molar-refractivity contribution in [2.45, 2.75) is 57.6 Å². The van der Waals surface area contributed by atoms with Gasteiger partial charge in [-0.3, -0.25) is 0 Å². The first kappa shape index (κ1) is 17.3. The lowest BCUT2D eigenvalue weighted by Gasteiger charge is -2.37. The van der Waals surface area contributed by atoms with Gasteiger partial charge < -0.3 is 15.0 Å². The van der Waals surface area contributed by atoms with E-state index in [-0.39, 0.29) is 12.1 Å². The van der Waals surface area contributed by atoms with Gasteiger partial charge in [0.25, 0.3) is 0 Å². The highest BCUT2D eigenvalue weighted by Gasteiger charge is 2.28. The number of benzene rings is 1. The van der Waals surface area contributed by atoms with E-state index in [1.54, 1.807) is 0 Å². The molecule has 2 atom stereocenters. The van der Waals surface area contributed by atoms with E-state index in [0.29, 0.717) is 12.5 Å². The first-order valence-electron chi connectivity index (χ1n) is 9.51. The molecule has 1 heterocycles. The highest BCUT2D eigenvalue weighted by molar-refractivity contribution is 5.67. The summed E-state index contributed by atoms with van der Waals surface area (Å²) in [5, 5.41) is 3.14. The number of nitrogens with zero attached hydrogens (tertiary/aromatic N) is 1. The fourth-order valence-electron chi connectivity index (χ4n) is 4.01. The molecular weight excluding hydrogens is 300 g/mol. The minimum absolute atomic E-state index is 0.268. The predicted octanol–water partition coefficient (Wildman–Crippen LogP) is 3.96. The maximum Gasteiger partial charge on any atom is 0.407 e. The van der Waals surface area contributed by atoms with Gasteiger partial charge in [-0.25, -0.2) is 4.79 Å². The molecule has 0 aromatic heterocycles. The van der Waals surface area contributed by atoms with Crippen LogP contribution in [0.4, 0.5) is 4.79 Å². The number of nitrogens with one attached hydrogen (secondary N) is 1. The Morgan fingerprint density at radius 1 is 1.04 bits per heavy atom. The maximum atomic E-state index is 12.2. The first-order chi connectivity index (χ1) is 11.8. The third-order valence-corrected chi connectivity index (χ3v) is 5.37. The van der Waals surface area contributed by atoms with Gasteiger partial charge in [-0.05, 0) is 50.3 Å². The quantitative estimate of drug-likeness (QED) is 0.888. The fourth-order valence-corrected chi connectivity index (χ4v) is 4.01. The predicted molar refractivity (Wildman–Crippen MR) is 95.8 cm³/mol. The van der Waals surface area contributed by atoms with Crippen molar-refractivity contribution in [3.05, 3.63) is 35.9 Å². The van der Waals surface area contributed by atoms with Crippen LogP contribution in [0.1, 0.15) is 50.5 Å². The summed E-state index contributed by atoms with van der Waals surface area (Å²) >= 11 is 0. The molecule has 3 rings (SSSR count). The number of piperidine rings is 1. The van der Waals surface area contributed by atoms with Crippen LogP contribution in [0.3, 0.4) is 0 Å². The van der Waals surface area contributed by atoms with E-state index >= 15 is 0 Å². The van der Waals surface area contributed by atoms with E-state index in [0.717, 1.165) is 18.5 Å². The Balaban J connectivity index is 1.46. The molecule has 1 aromatic rings. The van der Waals surface area contributed by atoms with Gasteiger partial charge in [0.15, 0.2) is 0 Å². The van der Waals surface area contributed by atoms with E-state index in [4.69, 9.17) is 4.74 Å². The number of amides is 1. The molecule has 4 nitrogen and oxygen atoms in total. The number of hydrogen-bond acceptors (Lipinski definition) is 3. The SMILES string of the molecule is O=C(N[C@@H]1CCCC[C@@H]1CN1CCCCC1)OCc1ccccc1. The van der Waals surface area contributed by atoms with Crippen molar-refractivity contribution in [3.8, 4) is 0 Å². The Hall–Kier alpha value is -1.55.